The van der Waals surface area contributed by atoms with E-state index in [0.717, 1.165) is 30.2 Å². The first-order valence-electron chi connectivity index (χ1n) is 9.25. The number of hydrogen-bond donors (Lipinski definition) is 2. The van der Waals surface area contributed by atoms with Crippen molar-refractivity contribution < 1.29 is 18.0 Å². The Bertz CT molecular complexity index is 833. The summed E-state index contributed by atoms with van der Waals surface area (Å²) in [5.41, 5.74) is 7.54. The Kier molecular flexibility index (Phi) is 5.34. The van der Waals surface area contributed by atoms with Crippen LogP contribution in [0, 0.1) is 17.5 Å². The number of hydrazine groups is 1. The maximum atomic E-state index is 13.4. The van der Waals surface area contributed by atoms with E-state index in [4.69, 9.17) is 0 Å². The lowest BCUT2D eigenvalue weighted by atomic mass is 10.0. The van der Waals surface area contributed by atoms with Gasteiger partial charge in [0.25, 0.3) is 5.91 Å². The van der Waals surface area contributed by atoms with E-state index in [9.17, 15) is 18.0 Å². The molecule has 0 spiro atoms. The van der Waals surface area contributed by atoms with Crippen LogP contribution in [0.2, 0.25) is 0 Å². The first kappa shape index (κ1) is 18.9. The molecule has 28 heavy (non-hydrogen) atoms. The number of carbonyl (C=O) groups is 1. The second-order valence-electron chi connectivity index (χ2n) is 7.13. The van der Waals surface area contributed by atoms with Gasteiger partial charge in [-0.25, -0.2) is 24.0 Å². The Hall–Kier alpha value is -2.42. The summed E-state index contributed by atoms with van der Waals surface area (Å²) in [6.07, 6.45) is 0.910. The van der Waals surface area contributed by atoms with Gasteiger partial charge in [0.15, 0.2) is 0 Å². The van der Waals surface area contributed by atoms with Crippen LogP contribution in [-0.2, 0) is 0 Å². The predicted molar refractivity (Wildman–Crippen MR) is 97.7 cm³/mol. The molecule has 1 amide bonds. The number of nitrogens with zero attached hydrogens (tertiary/aromatic N) is 2. The molecule has 0 aliphatic carbocycles. The van der Waals surface area contributed by atoms with Gasteiger partial charge in [-0.2, -0.15) is 0 Å². The smallest absolute Gasteiger partial charge is 0.254 e. The van der Waals surface area contributed by atoms with Gasteiger partial charge in [-0.1, -0.05) is 12.1 Å². The molecule has 2 heterocycles. The summed E-state index contributed by atoms with van der Waals surface area (Å²) in [4.78, 5) is 16.4. The molecule has 2 saturated heterocycles. The number of carbonyl (C=O) groups excluding carboxylic acids is 1. The Labute approximate surface area is 161 Å². The van der Waals surface area contributed by atoms with Crippen molar-refractivity contribution in [3.05, 3.63) is 71.0 Å². The van der Waals surface area contributed by atoms with E-state index in [2.05, 4.69) is 15.8 Å². The standard InChI is InChI=1S/C20H21F3N4O/c21-15-3-1-13(2-4-15)18-12-19(25-24-18)26-5-7-27(8-6-26)20(28)14-9-16(22)11-17(23)10-14/h1-4,9-11,18-19,24-25H,5-8,12H2. The minimum absolute atomic E-state index is 0.0305. The van der Waals surface area contributed by atoms with E-state index in [0.29, 0.717) is 26.2 Å². The first-order valence-corrected chi connectivity index (χ1v) is 9.25. The Morgan fingerprint density at radius 1 is 0.857 bits per heavy atom. The van der Waals surface area contributed by atoms with E-state index in [1.165, 1.54) is 12.1 Å². The Morgan fingerprint density at radius 3 is 2.14 bits per heavy atom. The SMILES string of the molecule is O=C(c1cc(F)cc(F)c1)N1CCN(C2CC(c3ccc(F)cc3)NN2)CC1. The van der Waals surface area contributed by atoms with Crippen molar-refractivity contribution in [2.45, 2.75) is 18.6 Å². The zero-order valence-corrected chi connectivity index (χ0v) is 15.2. The molecule has 0 bridgehead atoms. The normalized spacial score (nSPS) is 23.2. The molecular formula is C20H21F3N4O. The molecule has 2 aliphatic heterocycles. The predicted octanol–water partition coefficient (Wildman–Crippen LogP) is 2.43. The van der Waals surface area contributed by atoms with Gasteiger partial charge in [0.2, 0.25) is 0 Å². The van der Waals surface area contributed by atoms with Gasteiger partial charge in [0, 0.05) is 43.9 Å². The third-order valence-corrected chi connectivity index (χ3v) is 5.31. The third kappa shape index (κ3) is 4.04. The van der Waals surface area contributed by atoms with E-state index in [1.807, 2.05) is 0 Å². The molecule has 2 aliphatic rings. The van der Waals surface area contributed by atoms with Crippen molar-refractivity contribution in [3.63, 3.8) is 0 Å². The molecule has 2 aromatic carbocycles. The maximum Gasteiger partial charge on any atom is 0.254 e. The van der Waals surface area contributed by atoms with E-state index in [-0.39, 0.29) is 29.5 Å². The average Bonchev–Trinajstić information content (AvgIpc) is 3.17. The van der Waals surface area contributed by atoms with Crippen LogP contribution in [0.4, 0.5) is 13.2 Å². The average molecular weight is 390 g/mol. The van der Waals surface area contributed by atoms with Gasteiger partial charge in [-0.15, -0.1) is 0 Å². The molecule has 2 N–H and O–H groups in total. The molecule has 2 unspecified atom stereocenters. The summed E-state index contributed by atoms with van der Waals surface area (Å²) in [7, 11) is 0. The van der Waals surface area contributed by atoms with Crippen LogP contribution in [0.1, 0.15) is 28.4 Å². The van der Waals surface area contributed by atoms with Crippen LogP contribution in [0.15, 0.2) is 42.5 Å². The fraction of sp³-hybridized carbons (Fsp3) is 0.350. The second kappa shape index (κ2) is 7.90. The molecule has 0 aromatic heterocycles. The van der Waals surface area contributed by atoms with Gasteiger partial charge >= 0.3 is 0 Å². The second-order valence-corrected chi connectivity index (χ2v) is 7.13. The number of rotatable bonds is 3. The van der Waals surface area contributed by atoms with E-state index >= 15 is 0 Å². The highest BCUT2D eigenvalue weighted by Gasteiger charge is 2.32. The van der Waals surface area contributed by atoms with E-state index in [1.54, 1.807) is 17.0 Å². The van der Waals surface area contributed by atoms with Crippen molar-refractivity contribution in [3.8, 4) is 0 Å². The number of nitrogens with one attached hydrogen (secondary N) is 2. The van der Waals surface area contributed by atoms with Gasteiger partial charge in [0.1, 0.15) is 17.5 Å². The summed E-state index contributed by atoms with van der Waals surface area (Å²) in [5.74, 6) is -2.13. The van der Waals surface area contributed by atoms with Gasteiger partial charge in [-0.05, 0) is 36.2 Å². The largest absolute Gasteiger partial charge is 0.336 e. The molecule has 2 atom stereocenters. The number of piperazine rings is 1. The highest BCUT2D eigenvalue weighted by Crippen LogP contribution is 2.25. The van der Waals surface area contributed by atoms with Crippen molar-refractivity contribution in [2.75, 3.05) is 26.2 Å². The van der Waals surface area contributed by atoms with Crippen LogP contribution < -0.4 is 10.9 Å². The number of halogens is 3. The summed E-state index contributed by atoms with van der Waals surface area (Å²) in [5, 5.41) is 0. The van der Waals surface area contributed by atoms with Crippen LogP contribution in [0.25, 0.3) is 0 Å². The zero-order chi connectivity index (χ0) is 19.7. The number of amides is 1. The molecule has 4 rings (SSSR count). The number of hydrogen-bond acceptors (Lipinski definition) is 4. The Morgan fingerprint density at radius 2 is 1.50 bits per heavy atom. The van der Waals surface area contributed by atoms with Crippen LogP contribution in [-0.4, -0.2) is 48.1 Å². The van der Waals surface area contributed by atoms with Crippen molar-refractivity contribution in [2.24, 2.45) is 0 Å². The number of benzene rings is 2. The van der Waals surface area contributed by atoms with Crippen LogP contribution in [0.3, 0.4) is 0 Å². The molecule has 8 heteroatoms. The van der Waals surface area contributed by atoms with E-state index < -0.39 is 11.6 Å². The van der Waals surface area contributed by atoms with Crippen molar-refractivity contribution in [1.82, 2.24) is 20.7 Å². The fourth-order valence-corrected chi connectivity index (χ4v) is 3.79. The summed E-state index contributed by atoms with van der Waals surface area (Å²) < 4.78 is 39.8. The lowest BCUT2D eigenvalue weighted by Gasteiger charge is -2.37. The first-order chi connectivity index (χ1) is 13.5. The molecule has 2 aromatic rings. The highest BCUT2D eigenvalue weighted by atomic mass is 19.1. The van der Waals surface area contributed by atoms with Gasteiger partial charge in [0.05, 0.1) is 6.17 Å². The quantitative estimate of drug-likeness (QED) is 0.845. The molecule has 0 radical (unpaired) electrons. The van der Waals surface area contributed by atoms with Gasteiger partial charge in [-0.3, -0.25) is 9.69 Å². The third-order valence-electron chi connectivity index (χ3n) is 5.31. The summed E-state index contributed by atoms with van der Waals surface area (Å²) in [6, 6.07) is 9.40. The minimum atomic E-state index is -0.755. The van der Waals surface area contributed by atoms with Gasteiger partial charge < -0.3 is 4.90 Å². The zero-order valence-electron chi connectivity index (χ0n) is 15.2. The fourth-order valence-electron chi connectivity index (χ4n) is 3.79. The van der Waals surface area contributed by atoms with Crippen molar-refractivity contribution in [1.29, 1.82) is 0 Å². The summed E-state index contributed by atoms with van der Waals surface area (Å²) >= 11 is 0. The molecule has 0 saturated carbocycles. The van der Waals surface area contributed by atoms with Crippen molar-refractivity contribution >= 4 is 5.91 Å². The molecular weight excluding hydrogens is 369 g/mol. The Balaban J connectivity index is 1.33. The highest BCUT2D eigenvalue weighted by molar-refractivity contribution is 5.94. The topological polar surface area (TPSA) is 47.6 Å². The van der Waals surface area contributed by atoms with Crippen LogP contribution in [0.5, 0.6) is 0 Å². The molecule has 5 nitrogen and oxygen atoms in total. The molecule has 2 fully saturated rings. The lowest BCUT2D eigenvalue weighted by molar-refractivity contribution is 0.0544. The maximum absolute atomic E-state index is 13.4. The minimum Gasteiger partial charge on any atom is -0.336 e. The summed E-state index contributed by atoms with van der Waals surface area (Å²) in [6.45, 7) is 2.27. The molecule has 148 valence electrons. The van der Waals surface area contributed by atoms with Crippen LogP contribution >= 0.6 is 0 Å². The lowest BCUT2D eigenvalue weighted by Crippen LogP contribution is -2.55. The monoisotopic (exact) mass is 390 g/mol.